The predicted octanol–water partition coefficient (Wildman–Crippen LogP) is 4.43. The molecule has 2 aromatic heterocycles. The molecule has 4 rings (SSSR count). The second kappa shape index (κ2) is 8.39. The Bertz CT molecular complexity index is 1150. The lowest BCUT2D eigenvalue weighted by atomic mass is 10.1. The summed E-state index contributed by atoms with van der Waals surface area (Å²) in [5.41, 5.74) is 2.60. The third kappa shape index (κ3) is 4.42. The van der Waals surface area contributed by atoms with Crippen molar-refractivity contribution < 1.29 is 4.39 Å². The number of nitrogens with one attached hydrogen (secondary N) is 1. The molecule has 0 saturated carbocycles. The van der Waals surface area contributed by atoms with Crippen LogP contribution in [0.4, 0.5) is 4.39 Å². The molecular formula is C23H23FN4O. The van der Waals surface area contributed by atoms with Gasteiger partial charge in [-0.25, -0.2) is 14.1 Å². The average molecular weight is 390 g/mol. The highest BCUT2D eigenvalue weighted by Crippen LogP contribution is 2.19. The minimum atomic E-state index is -0.284. The van der Waals surface area contributed by atoms with E-state index < -0.39 is 0 Å². The highest BCUT2D eigenvalue weighted by molar-refractivity contribution is 5.73. The van der Waals surface area contributed by atoms with E-state index in [1.165, 1.54) is 17.7 Å². The Morgan fingerprint density at radius 2 is 1.83 bits per heavy atom. The van der Waals surface area contributed by atoms with Gasteiger partial charge in [-0.05, 0) is 49.4 Å². The van der Waals surface area contributed by atoms with Crippen LogP contribution in [0.3, 0.4) is 0 Å². The van der Waals surface area contributed by atoms with Crippen molar-refractivity contribution in [1.29, 1.82) is 0 Å². The maximum atomic E-state index is 13.1. The summed E-state index contributed by atoms with van der Waals surface area (Å²) in [7, 11) is 0. The average Bonchev–Trinajstić information content (AvgIpc) is 3.15. The van der Waals surface area contributed by atoms with E-state index in [4.69, 9.17) is 0 Å². The third-order valence-corrected chi connectivity index (χ3v) is 5.14. The molecule has 148 valence electrons. The van der Waals surface area contributed by atoms with Gasteiger partial charge in [0.25, 0.3) is 5.56 Å². The number of halogens is 1. The van der Waals surface area contributed by atoms with Crippen LogP contribution >= 0.6 is 0 Å². The summed E-state index contributed by atoms with van der Waals surface area (Å²) in [5.74, 6) is 0.264. The fraction of sp³-hybridized carbons (Fsp3) is 0.261. The number of hydrogen-bond acceptors (Lipinski definition) is 3. The van der Waals surface area contributed by atoms with Gasteiger partial charge in [0.2, 0.25) is 0 Å². The van der Waals surface area contributed by atoms with Gasteiger partial charge in [-0.1, -0.05) is 42.5 Å². The zero-order valence-corrected chi connectivity index (χ0v) is 16.3. The monoisotopic (exact) mass is 390 g/mol. The van der Waals surface area contributed by atoms with Gasteiger partial charge in [-0.15, -0.1) is 0 Å². The molecular weight excluding hydrogens is 367 g/mol. The standard InChI is InChI=1S/C23H23FN4O/c1-16(6-5-9-17-7-3-2-4-8-17)28-22-20(15-25-28)23(29)27-21(26-22)14-18-10-12-19(24)13-11-18/h2-4,7-8,10-13,15-16H,5-6,9,14H2,1H3,(H,26,27,29). The molecule has 0 aliphatic carbocycles. The van der Waals surface area contributed by atoms with Crippen molar-refractivity contribution in [1.82, 2.24) is 19.7 Å². The normalized spacial score (nSPS) is 12.3. The second-order valence-corrected chi connectivity index (χ2v) is 7.37. The first-order valence-corrected chi connectivity index (χ1v) is 9.85. The largest absolute Gasteiger partial charge is 0.310 e. The Labute approximate surface area is 168 Å². The number of nitrogens with zero attached hydrogens (tertiary/aromatic N) is 3. The predicted molar refractivity (Wildman–Crippen MR) is 111 cm³/mol. The van der Waals surface area contributed by atoms with E-state index in [2.05, 4.69) is 46.3 Å². The number of benzene rings is 2. The van der Waals surface area contributed by atoms with Gasteiger partial charge in [-0.3, -0.25) is 4.79 Å². The molecule has 2 heterocycles. The molecule has 6 heteroatoms. The van der Waals surface area contributed by atoms with Crippen LogP contribution < -0.4 is 5.56 Å². The van der Waals surface area contributed by atoms with Crippen molar-refractivity contribution in [3.63, 3.8) is 0 Å². The van der Waals surface area contributed by atoms with E-state index in [1.807, 2.05) is 10.7 Å². The number of aromatic nitrogens is 4. The summed E-state index contributed by atoms with van der Waals surface area (Å²) in [5, 5.41) is 4.91. The number of aromatic amines is 1. The van der Waals surface area contributed by atoms with Crippen molar-refractivity contribution >= 4 is 11.0 Å². The molecule has 0 aliphatic heterocycles. The van der Waals surface area contributed by atoms with Gasteiger partial charge in [0.1, 0.15) is 17.0 Å². The highest BCUT2D eigenvalue weighted by atomic mass is 19.1. The maximum Gasteiger partial charge on any atom is 0.262 e. The Kier molecular flexibility index (Phi) is 5.51. The van der Waals surface area contributed by atoms with Crippen LogP contribution in [-0.2, 0) is 12.8 Å². The molecule has 0 saturated heterocycles. The molecule has 2 aromatic carbocycles. The van der Waals surface area contributed by atoms with Gasteiger partial charge < -0.3 is 4.98 Å². The fourth-order valence-electron chi connectivity index (χ4n) is 3.55. The molecule has 5 nitrogen and oxygen atoms in total. The molecule has 0 bridgehead atoms. The Balaban J connectivity index is 1.52. The number of fused-ring (bicyclic) bond motifs is 1. The number of rotatable bonds is 7. The van der Waals surface area contributed by atoms with Crippen molar-refractivity contribution in [3.05, 3.63) is 93.9 Å². The van der Waals surface area contributed by atoms with Crippen LogP contribution in [0.5, 0.6) is 0 Å². The lowest BCUT2D eigenvalue weighted by Gasteiger charge is -2.13. The van der Waals surface area contributed by atoms with Crippen LogP contribution in [0.1, 0.15) is 42.8 Å². The molecule has 1 atom stereocenters. The highest BCUT2D eigenvalue weighted by Gasteiger charge is 2.15. The smallest absolute Gasteiger partial charge is 0.262 e. The second-order valence-electron chi connectivity index (χ2n) is 7.37. The summed E-state index contributed by atoms with van der Waals surface area (Å²) < 4.78 is 15.0. The van der Waals surface area contributed by atoms with E-state index in [0.29, 0.717) is 23.3 Å². The van der Waals surface area contributed by atoms with E-state index in [-0.39, 0.29) is 17.4 Å². The van der Waals surface area contributed by atoms with Gasteiger partial charge >= 0.3 is 0 Å². The first kappa shape index (κ1) is 19.1. The van der Waals surface area contributed by atoms with Crippen molar-refractivity contribution in [3.8, 4) is 0 Å². The minimum absolute atomic E-state index is 0.129. The Morgan fingerprint density at radius 3 is 2.59 bits per heavy atom. The lowest BCUT2D eigenvalue weighted by Crippen LogP contribution is -2.14. The first-order chi connectivity index (χ1) is 14.1. The van der Waals surface area contributed by atoms with Gasteiger partial charge in [0.15, 0.2) is 5.65 Å². The summed E-state index contributed by atoms with van der Waals surface area (Å²) >= 11 is 0. The zero-order valence-electron chi connectivity index (χ0n) is 16.3. The van der Waals surface area contributed by atoms with Gasteiger partial charge in [0, 0.05) is 6.42 Å². The summed E-state index contributed by atoms with van der Waals surface area (Å²) in [4.78, 5) is 19.9. The summed E-state index contributed by atoms with van der Waals surface area (Å²) in [6.45, 7) is 2.10. The van der Waals surface area contributed by atoms with Crippen LogP contribution in [-0.4, -0.2) is 19.7 Å². The molecule has 0 radical (unpaired) electrons. The fourth-order valence-corrected chi connectivity index (χ4v) is 3.55. The quantitative estimate of drug-likeness (QED) is 0.508. The Morgan fingerprint density at radius 1 is 1.07 bits per heavy atom. The number of H-pyrrole nitrogens is 1. The van der Waals surface area contributed by atoms with E-state index in [1.54, 1.807) is 18.3 Å². The van der Waals surface area contributed by atoms with E-state index in [0.717, 1.165) is 24.8 Å². The molecule has 1 unspecified atom stereocenters. The van der Waals surface area contributed by atoms with Gasteiger partial charge in [-0.2, -0.15) is 5.10 Å². The third-order valence-electron chi connectivity index (χ3n) is 5.14. The number of hydrogen-bond donors (Lipinski definition) is 1. The summed E-state index contributed by atoms with van der Waals surface area (Å²) in [6.07, 6.45) is 4.98. The van der Waals surface area contributed by atoms with Crippen LogP contribution in [0, 0.1) is 5.82 Å². The molecule has 0 fully saturated rings. The zero-order chi connectivity index (χ0) is 20.2. The number of aryl methyl sites for hydroxylation is 1. The molecule has 29 heavy (non-hydrogen) atoms. The first-order valence-electron chi connectivity index (χ1n) is 9.85. The topological polar surface area (TPSA) is 63.6 Å². The van der Waals surface area contributed by atoms with Gasteiger partial charge in [0.05, 0.1) is 12.2 Å². The van der Waals surface area contributed by atoms with Crippen molar-refractivity contribution in [2.75, 3.05) is 0 Å². The SMILES string of the molecule is CC(CCCc1ccccc1)n1ncc2c(=O)[nH]c(Cc3ccc(F)cc3)nc21. The Hall–Kier alpha value is -3.28. The van der Waals surface area contributed by atoms with Crippen LogP contribution in [0.25, 0.3) is 11.0 Å². The van der Waals surface area contributed by atoms with E-state index in [9.17, 15) is 9.18 Å². The van der Waals surface area contributed by atoms with Crippen molar-refractivity contribution in [2.45, 2.75) is 38.6 Å². The molecule has 4 aromatic rings. The van der Waals surface area contributed by atoms with E-state index >= 15 is 0 Å². The van der Waals surface area contributed by atoms with Crippen LogP contribution in [0.15, 0.2) is 65.6 Å². The maximum absolute atomic E-state index is 13.1. The van der Waals surface area contributed by atoms with Crippen LogP contribution in [0.2, 0.25) is 0 Å². The minimum Gasteiger partial charge on any atom is -0.310 e. The summed E-state index contributed by atoms with van der Waals surface area (Å²) in [6, 6.07) is 16.7. The molecule has 0 aliphatic rings. The van der Waals surface area contributed by atoms with Crippen molar-refractivity contribution in [2.24, 2.45) is 0 Å². The molecule has 1 N–H and O–H groups in total. The molecule has 0 spiro atoms. The molecule has 0 amide bonds. The lowest BCUT2D eigenvalue weighted by molar-refractivity contribution is 0.456.